The third-order valence-corrected chi connectivity index (χ3v) is 10.5. The van der Waals surface area contributed by atoms with Gasteiger partial charge >= 0.3 is 0 Å². The van der Waals surface area contributed by atoms with E-state index in [9.17, 15) is 14.7 Å². The van der Waals surface area contributed by atoms with Gasteiger partial charge in [-0.3, -0.25) is 9.59 Å². The van der Waals surface area contributed by atoms with Gasteiger partial charge in [-0.25, -0.2) is 0 Å². The van der Waals surface area contributed by atoms with Gasteiger partial charge in [-0.05, 0) is 82.6 Å². The van der Waals surface area contributed by atoms with Gasteiger partial charge in [0.1, 0.15) is 4.47 Å². The summed E-state index contributed by atoms with van der Waals surface area (Å²) in [5.41, 5.74) is 0.953. The fourth-order valence-electron chi connectivity index (χ4n) is 6.15. The summed E-state index contributed by atoms with van der Waals surface area (Å²) in [6.45, 7) is 11.9. The van der Waals surface area contributed by atoms with Crippen LogP contribution in [0, 0.1) is 23.2 Å². The van der Waals surface area contributed by atoms with E-state index in [1.54, 1.807) is 30.5 Å². The van der Waals surface area contributed by atoms with Crippen LogP contribution in [0.15, 0.2) is 39.7 Å². The van der Waals surface area contributed by atoms with Crippen LogP contribution in [-0.2, 0) is 0 Å². The second-order valence-corrected chi connectivity index (χ2v) is 13.1. The molecule has 3 N–H and O–H groups in total. The standard InChI is InChI=1S/C30H43BrN4O3/c1-19-16-24(20(2)21(3)29(19,4)5)34-25-17-33-35(28(37)26(25)31)23-12-10-22(11-13-23)27(36)32-18-30(38)14-8-6-7-9-15-30/h10-13,17,19-21,24,34,38H,6-9,14-16,18H2,1-5H3,(H,32,36)/t19-,20+,21+,24+/m0/s1. The lowest BCUT2D eigenvalue weighted by Crippen LogP contribution is -2.48. The van der Waals surface area contributed by atoms with E-state index in [0.717, 1.165) is 44.9 Å². The first kappa shape index (κ1) is 28.8. The molecule has 0 spiro atoms. The number of benzene rings is 1. The van der Waals surface area contributed by atoms with E-state index in [0.29, 0.717) is 39.2 Å². The highest BCUT2D eigenvalue weighted by Gasteiger charge is 2.43. The molecule has 0 saturated heterocycles. The number of nitrogens with zero attached hydrogens (tertiary/aromatic N) is 2. The molecule has 0 radical (unpaired) electrons. The summed E-state index contributed by atoms with van der Waals surface area (Å²) in [7, 11) is 0. The summed E-state index contributed by atoms with van der Waals surface area (Å²) in [5.74, 6) is 1.33. The van der Waals surface area contributed by atoms with E-state index in [1.807, 2.05) is 0 Å². The molecule has 38 heavy (non-hydrogen) atoms. The summed E-state index contributed by atoms with van der Waals surface area (Å²) in [5, 5.41) is 21.7. The average Bonchev–Trinajstić information content (AvgIpc) is 3.12. The summed E-state index contributed by atoms with van der Waals surface area (Å²) >= 11 is 3.51. The topological polar surface area (TPSA) is 96.2 Å². The van der Waals surface area contributed by atoms with Crippen molar-refractivity contribution < 1.29 is 9.90 Å². The molecule has 4 rings (SSSR count). The molecule has 1 aromatic heterocycles. The van der Waals surface area contributed by atoms with Crippen LogP contribution in [0.25, 0.3) is 5.69 Å². The Bertz CT molecular complexity index is 1180. The zero-order chi connectivity index (χ0) is 27.7. The Morgan fingerprint density at radius 1 is 1.11 bits per heavy atom. The van der Waals surface area contributed by atoms with E-state index in [2.05, 4.69) is 66.3 Å². The highest BCUT2D eigenvalue weighted by atomic mass is 79.9. The van der Waals surface area contributed by atoms with Crippen molar-refractivity contribution in [2.75, 3.05) is 11.9 Å². The molecule has 1 aromatic carbocycles. The Hall–Kier alpha value is -2.19. The Morgan fingerprint density at radius 3 is 2.37 bits per heavy atom. The highest BCUT2D eigenvalue weighted by Crippen LogP contribution is 2.48. The number of rotatable bonds is 6. The second kappa shape index (κ2) is 11.5. The van der Waals surface area contributed by atoms with E-state index in [1.165, 1.54) is 4.68 Å². The quantitative estimate of drug-likeness (QED) is 0.364. The molecule has 8 heteroatoms. The van der Waals surface area contributed by atoms with Crippen molar-refractivity contribution >= 4 is 27.5 Å². The van der Waals surface area contributed by atoms with Crippen molar-refractivity contribution in [1.82, 2.24) is 15.1 Å². The number of carbonyl (C=O) groups excluding carboxylic acids is 1. The van der Waals surface area contributed by atoms with Gasteiger partial charge in [0.25, 0.3) is 11.5 Å². The number of amides is 1. The van der Waals surface area contributed by atoms with Crippen LogP contribution >= 0.6 is 15.9 Å². The van der Waals surface area contributed by atoms with Crippen LogP contribution in [0.1, 0.15) is 89.9 Å². The Morgan fingerprint density at radius 2 is 1.74 bits per heavy atom. The van der Waals surface area contributed by atoms with Crippen molar-refractivity contribution in [3.63, 3.8) is 0 Å². The first-order chi connectivity index (χ1) is 17.9. The Balaban J connectivity index is 1.44. The number of hydrogen-bond acceptors (Lipinski definition) is 5. The number of hydrogen-bond donors (Lipinski definition) is 3. The van der Waals surface area contributed by atoms with Crippen LogP contribution in [0.4, 0.5) is 5.69 Å². The van der Waals surface area contributed by atoms with Crippen molar-refractivity contribution in [3.8, 4) is 5.69 Å². The first-order valence-electron chi connectivity index (χ1n) is 14.1. The van der Waals surface area contributed by atoms with Gasteiger partial charge in [0, 0.05) is 18.2 Å². The maximum atomic E-state index is 13.2. The molecular formula is C30H43BrN4O3. The lowest BCUT2D eigenvalue weighted by atomic mass is 9.58. The van der Waals surface area contributed by atoms with Crippen LogP contribution in [0.3, 0.4) is 0 Å². The normalized spacial score (nSPS) is 26.8. The fraction of sp³-hybridized carbons (Fsp3) is 0.633. The molecule has 2 aliphatic rings. The van der Waals surface area contributed by atoms with Gasteiger partial charge in [-0.2, -0.15) is 9.78 Å². The third-order valence-electron chi connectivity index (χ3n) is 9.72. The molecule has 1 heterocycles. The van der Waals surface area contributed by atoms with Crippen molar-refractivity contribution in [3.05, 3.63) is 50.9 Å². The van der Waals surface area contributed by atoms with Gasteiger partial charge in [-0.15, -0.1) is 0 Å². The molecule has 2 saturated carbocycles. The number of carbonyl (C=O) groups is 1. The van der Waals surface area contributed by atoms with Crippen LogP contribution in [0.2, 0.25) is 0 Å². The smallest absolute Gasteiger partial charge is 0.287 e. The number of halogens is 1. The van der Waals surface area contributed by atoms with Crippen molar-refractivity contribution in [2.45, 2.75) is 91.2 Å². The van der Waals surface area contributed by atoms with Gasteiger partial charge in [0.05, 0.1) is 23.2 Å². The predicted molar refractivity (Wildman–Crippen MR) is 156 cm³/mol. The molecule has 208 valence electrons. The molecule has 0 unspecified atom stereocenters. The van der Waals surface area contributed by atoms with E-state index in [-0.39, 0.29) is 29.5 Å². The molecule has 0 aliphatic heterocycles. The van der Waals surface area contributed by atoms with Crippen molar-refractivity contribution in [1.29, 1.82) is 0 Å². The van der Waals surface area contributed by atoms with Crippen LogP contribution < -0.4 is 16.2 Å². The molecule has 7 nitrogen and oxygen atoms in total. The molecular weight excluding hydrogens is 544 g/mol. The second-order valence-electron chi connectivity index (χ2n) is 12.3. The molecule has 0 bridgehead atoms. The van der Waals surface area contributed by atoms with Crippen molar-refractivity contribution in [2.24, 2.45) is 23.2 Å². The lowest BCUT2D eigenvalue weighted by Gasteiger charge is -2.50. The van der Waals surface area contributed by atoms with Gasteiger partial charge < -0.3 is 15.7 Å². The Labute approximate surface area is 234 Å². The SMILES string of the molecule is C[C@@H]1[C@@H](C)C(C)(C)[C@@H](C)C[C@H]1Nc1cnn(-c2ccc(C(=O)NCC3(O)CCCCCC3)cc2)c(=O)c1Br. The summed E-state index contributed by atoms with van der Waals surface area (Å²) in [6.07, 6.45) is 8.41. The van der Waals surface area contributed by atoms with E-state index in [4.69, 9.17) is 0 Å². The van der Waals surface area contributed by atoms with Crippen LogP contribution in [-0.4, -0.2) is 39.0 Å². The molecule has 1 amide bonds. The molecule has 4 atom stereocenters. The zero-order valence-electron chi connectivity index (χ0n) is 23.4. The molecule has 2 fully saturated rings. The number of aromatic nitrogens is 2. The van der Waals surface area contributed by atoms with Gasteiger partial charge in [-0.1, -0.05) is 60.3 Å². The number of nitrogens with one attached hydrogen (secondary N) is 2. The Kier molecular flexibility index (Phi) is 8.72. The minimum Gasteiger partial charge on any atom is -0.388 e. The average molecular weight is 588 g/mol. The monoisotopic (exact) mass is 586 g/mol. The summed E-state index contributed by atoms with van der Waals surface area (Å²) in [4.78, 5) is 25.9. The zero-order valence-corrected chi connectivity index (χ0v) is 25.0. The largest absolute Gasteiger partial charge is 0.388 e. The van der Waals surface area contributed by atoms with Gasteiger partial charge in [0.2, 0.25) is 0 Å². The fourth-order valence-corrected chi connectivity index (χ4v) is 6.53. The van der Waals surface area contributed by atoms with Gasteiger partial charge in [0.15, 0.2) is 0 Å². The maximum Gasteiger partial charge on any atom is 0.287 e. The highest BCUT2D eigenvalue weighted by molar-refractivity contribution is 9.10. The minimum absolute atomic E-state index is 0.233. The summed E-state index contributed by atoms with van der Waals surface area (Å²) < 4.78 is 1.78. The van der Waals surface area contributed by atoms with E-state index < -0.39 is 5.60 Å². The molecule has 2 aromatic rings. The maximum absolute atomic E-state index is 13.2. The van der Waals surface area contributed by atoms with E-state index >= 15 is 0 Å². The number of aliphatic hydroxyl groups is 1. The first-order valence-corrected chi connectivity index (χ1v) is 14.9. The minimum atomic E-state index is -0.826. The van der Waals surface area contributed by atoms with Crippen LogP contribution in [0.5, 0.6) is 0 Å². The number of anilines is 1. The third kappa shape index (κ3) is 6.01. The lowest BCUT2D eigenvalue weighted by molar-refractivity contribution is 0.0246. The predicted octanol–water partition coefficient (Wildman–Crippen LogP) is 5.93. The summed E-state index contributed by atoms with van der Waals surface area (Å²) in [6, 6.07) is 7.07. The molecule has 2 aliphatic carbocycles.